The van der Waals surface area contributed by atoms with Crippen molar-refractivity contribution in [3.05, 3.63) is 23.8 Å². The van der Waals surface area contributed by atoms with E-state index >= 15 is 0 Å². The van der Waals surface area contributed by atoms with Crippen LogP contribution in [-0.4, -0.2) is 64.5 Å². The van der Waals surface area contributed by atoms with Crippen molar-refractivity contribution in [3.63, 3.8) is 0 Å². The number of carbonyl (C=O) groups excluding carboxylic acids is 1. The van der Waals surface area contributed by atoms with Crippen LogP contribution in [0.25, 0.3) is 0 Å². The molecule has 1 aliphatic heterocycles. The van der Waals surface area contributed by atoms with Crippen LogP contribution in [-0.2, 0) is 9.47 Å². The zero-order chi connectivity index (χ0) is 15.9. The van der Waals surface area contributed by atoms with Gasteiger partial charge in [-0.25, -0.2) is 4.79 Å². The Bertz CT molecular complexity index is 501. The van der Waals surface area contributed by atoms with Gasteiger partial charge in [0.1, 0.15) is 12.4 Å². The molecule has 1 aromatic rings. The van der Waals surface area contributed by atoms with Crippen LogP contribution in [0.4, 0.5) is 5.69 Å². The molecule has 0 radical (unpaired) electrons. The summed E-state index contributed by atoms with van der Waals surface area (Å²) in [4.78, 5) is 13.8. The Balaban J connectivity index is 2.03. The zero-order valence-corrected chi connectivity index (χ0v) is 13.4. The Morgan fingerprint density at radius 2 is 2.18 bits per heavy atom. The summed E-state index contributed by atoms with van der Waals surface area (Å²) in [5.41, 5.74) is 1.31. The summed E-state index contributed by atoms with van der Waals surface area (Å²) in [7, 11) is 5.34. The fraction of sp³-hybridized carbons (Fsp3) is 0.562. The minimum atomic E-state index is -0.374. The number of rotatable bonds is 8. The number of nitrogens with zero attached hydrogens (tertiary/aromatic N) is 1. The first kappa shape index (κ1) is 16.6. The van der Waals surface area contributed by atoms with Crippen LogP contribution < -0.4 is 10.1 Å². The largest absolute Gasteiger partial charge is 0.492 e. The van der Waals surface area contributed by atoms with Crippen molar-refractivity contribution in [2.45, 2.75) is 12.5 Å². The van der Waals surface area contributed by atoms with E-state index in [4.69, 9.17) is 14.2 Å². The predicted molar refractivity (Wildman–Crippen MR) is 84.7 cm³/mol. The lowest BCUT2D eigenvalue weighted by molar-refractivity contribution is -0.0410. The number of benzene rings is 1. The van der Waals surface area contributed by atoms with Crippen LogP contribution in [0.2, 0.25) is 0 Å². The number of anilines is 1. The average Bonchev–Trinajstić information content (AvgIpc) is 2.44. The molecule has 1 heterocycles. The van der Waals surface area contributed by atoms with Gasteiger partial charge in [0.2, 0.25) is 0 Å². The SMILES string of the molecule is COC(=O)c1cc(NCC2CCO2)cc(OCCN(C)C)c1. The number of carbonyl (C=O) groups is 1. The third-order valence-electron chi connectivity index (χ3n) is 3.46. The quantitative estimate of drug-likeness (QED) is 0.736. The molecule has 0 amide bonds. The molecule has 2 rings (SSSR count). The van der Waals surface area contributed by atoms with Crippen molar-refractivity contribution in [1.29, 1.82) is 0 Å². The highest BCUT2D eigenvalue weighted by Gasteiger charge is 2.18. The van der Waals surface area contributed by atoms with Crippen LogP contribution >= 0.6 is 0 Å². The number of nitrogens with one attached hydrogen (secondary N) is 1. The standard InChI is InChI=1S/C16H24N2O4/c1-18(2)5-7-22-15-9-12(16(19)20-3)8-13(10-15)17-11-14-4-6-21-14/h8-10,14,17H,4-7,11H2,1-3H3. The van der Waals surface area contributed by atoms with E-state index in [9.17, 15) is 4.79 Å². The van der Waals surface area contributed by atoms with Gasteiger partial charge in [0, 0.05) is 31.5 Å². The van der Waals surface area contributed by atoms with E-state index in [-0.39, 0.29) is 12.1 Å². The van der Waals surface area contributed by atoms with Crippen molar-refractivity contribution in [2.75, 3.05) is 52.8 Å². The maximum absolute atomic E-state index is 11.8. The monoisotopic (exact) mass is 308 g/mol. The Morgan fingerprint density at radius 1 is 1.41 bits per heavy atom. The van der Waals surface area contributed by atoms with Gasteiger partial charge < -0.3 is 24.4 Å². The third-order valence-corrected chi connectivity index (χ3v) is 3.46. The lowest BCUT2D eigenvalue weighted by Crippen LogP contribution is -2.33. The second-order valence-electron chi connectivity index (χ2n) is 5.55. The van der Waals surface area contributed by atoms with Crippen LogP contribution in [0, 0.1) is 0 Å². The van der Waals surface area contributed by atoms with Crippen LogP contribution in [0.1, 0.15) is 16.8 Å². The molecule has 1 aliphatic rings. The molecule has 1 fully saturated rings. The van der Waals surface area contributed by atoms with E-state index in [1.807, 2.05) is 25.1 Å². The summed E-state index contributed by atoms with van der Waals surface area (Å²) < 4.78 is 15.9. The molecular weight excluding hydrogens is 284 g/mol. The highest BCUT2D eigenvalue weighted by molar-refractivity contribution is 5.91. The third kappa shape index (κ3) is 4.89. The second-order valence-corrected chi connectivity index (χ2v) is 5.55. The van der Waals surface area contributed by atoms with Crippen LogP contribution in [0.5, 0.6) is 5.75 Å². The number of hydrogen-bond donors (Lipinski definition) is 1. The van der Waals surface area contributed by atoms with E-state index in [1.54, 1.807) is 12.1 Å². The lowest BCUT2D eigenvalue weighted by Gasteiger charge is -2.27. The first-order chi connectivity index (χ1) is 10.6. The van der Waals surface area contributed by atoms with E-state index in [0.29, 0.717) is 17.9 Å². The molecule has 0 aromatic heterocycles. The molecule has 22 heavy (non-hydrogen) atoms. The molecule has 0 aliphatic carbocycles. The Kier molecular flexibility index (Phi) is 6.03. The number of hydrogen-bond acceptors (Lipinski definition) is 6. The highest BCUT2D eigenvalue weighted by Crippen LogP contribution is 2.23. The zero-order valence-electron chi connectivity index (χ0n) is 13.4. The van der Waals surface area contributed by atoms with E-state index in [0.717, 1.165) is 31.8 Å². The van der Waals surface area contributed by atoms with Crippen LogP contribution in [0.3, 0.4) is 0 Å². The van der Waals surface area contributed by atoms with Gasteiger partial charge in [0.15, 0.2) is 0 Å². The predicted octanol–water partition coefficient (Wildman–Crippen LogP) is 1.61. The minimum absolute atomic E-state index is 0.250. The van der Waals surface area contributed by atoms with E-state index in [1.165, 1.54) is 7.11 Å². The molecule has 1 N–H and O–H groups in total. The van der Waals surface area contributed by atoms with Crippen LogP contribution in [0.15, 0.2) is 18.2 Å². The van der Waals surface area contributed by atoms with Crippen molar-refractivity contribution in [2.24, 2.45) is 0 Å². The maximum atomic E-state index is 11.8. The highest BCUT2D eigenvalue weighted by atomic mass is 16.5. The summed E-state index contributed by atoms with van der Waals surface area (Å²) >= 11 is 0. The molecule has 6 nitrogen and oxygen atoms in total. The lowest BCUT2D eigenvalue weighted by atomic mass is 10.1. The van der Waals surface area contributed by atoms with Crippen molar-refractivity contribution < 1.29 is 19.0 Å². The number of esters is 1. The molecule has 1 saturated heterocycles. The van der Waals surface area contributed by atoms with Gasteiger partial charge in [-0.05, 0) is 32.6 Å². The Hall–Kier alpha value is -1.79. The average molecular weight is 308 g/mol. The van der Waals surface area contributed by atoms with E-state index in [2.05, 4.69) is 5.32 Å². The van der Waals surface area contributed by atoms with Crippen molar-refractivity contribution in [3.8, 4) is 5.75 Å². The molecule has 0 saturated carbocycles. The number of likely N-dealkylation sites (N-methyl/N-ethyl adjacent to an activating group) is 1. The first-order valence-electron chi connectivity index (χ1n) is 7.45. The molecule has 6 heteroatoms. The second kappa shape index (κ2) is 8.00. The van der Waals surface area contributed by atoms with E-state index < -0.39 is 0 Å². The molecule has 0 spiro atoms. The summed E-state index contributed by atoms with van der Waals surface area (Å²) in [6, 6.07) is 5.36. The fourth-order valence-electron chi connectivity index (χ4n) is 2.04. The smallest absolute Gasteiger partial charge is 0.338 e. The Labute approximate surface area is 131 Å². The Morgan fingerprint density at radius 3 is 2.77 bits per heavy atom. The molecule has 1 unspecified atom stereocenters. The number of ether oxygens (including phenoxy) is 3. The van der Waals surface area contributed by atoms with Gasteiger partial charge >= 0.3 is 5.97 Å². The summed E-state index contributed by atoms with van der Waals surface area (Å²) in [6.45, 7) is 2.92. The maximum Gasteiger partial charge on any atom is 0.338 e. The van der Waals surface area contributed by atoms with Gasteiger partial charge in [0.25, 0.3) is 0 Å². The summed E-state index contributed by atoms with van der Waals surface area (Å²) in [6.07, 6.45) is 1.32. The van der Waals surface area contributed by atoms with Gasteiger partial charge in [-0.15, -0.1) is 0 Å². The fourth-order valence-corrected chi connectivity index (χ4v) is 2.04. The van der Waals surface area contributed by atoms with Gasteiger partial charge in [-0.2, -0.15) is 0 Å². The first-order valence-corrected chi connectivity index (χ1v) is 7.45. The molecule has 0 bridgehead atoms. The minimum Gasteiger partial charge on any atom is -0.492 e. The normalized spacial score (nSPS) is 17.0. The van der Waals surface area contributed by atoms with Crippen molar-refractivity contribution in [1.82, 2.24) is 4.90 Å². The topological polar surface area (TPSA) is 60.0 Å². The molecule has 1 aromatic carbocycles. The molecule has 1 atom stereocenters. The van der Waals surface area contributed by atoms with Gasteiger partial charge in [-0.3, -0.25) is 0 Å². The number of methoxy groups -OCH3 is 1. The molecule has 122 valence electrons. The molecular formula is C16H24N2O4. The van der Waals surface area contributed by atoms with Crippen molar-refractivity contribution >= 4 is 11.7 Å². The summed E-state index contributed by atoms with van der Waals surface area (Å²) in [5.74, 6) is 0.280. The van der Waals surface area contributed by atoms with Gasteiger partial charge in [-0.1, -0.05) is 0 Å². The van der Waals surface area contributed by atoms with Gasteiger partial charge in [0.05, 0.1) is 18.8 Å². The summed E-state index contributed by atoms with van der Waals surface area (Å²) in [5, 5.41) is 3.28.